The highest BCUT2D eigenvalue weighted by Crippen LogP contribution is 2.22. The molecule has 0 aliphatic heterocycles. The van der Waals surface area contributed by atoms with E-state index in [4.69, 9.17) is 22.1 Å². The van der Waals surface area contributed by atoms with Gasteiger partial charge in [0.1, 0.15) is 12.4 Å². The summed E-state index contributed by atoms with van der Waals surface area (Å²) in [6, 6.07) is 9.61. The second-order valence-electron chi connectivity index (χ2n) is 7.46. The number of rotatable bonds is 8. The van der Waals surface area contributed by atoms with E-state index < -0.39 is 12.1 Å². The molecule has 5 nitrogen and oxygen atoms in total. The zero-order valence-electron chi connectivity index (χ0n) is 15.6. The number of aliphatic hydroxyl groups excluding tert-OH is 1. The van der Waals surface area contributed by atoms with Crippen LogP contribution in [-0.4, -0.2) is 35.4 Å². The van der Waals surface area contributed by atoms with Gasteiger partial charge in [-0.25, -0.2) is 0 Å². The average molecular weight is 378 g/mol. The van der Waals surface area contributed by atoms with Crippen molar-refractivity contribution in [3.63, 3.8) is 0 Å². The monoisotopic (exact) mass is 377 g/mol. The maximum atomic E-state index is 10.2. The highest BCUT2D eigenvalue weighted by atomic mass is 35.5. The number of hydrogen-bond donors (Lipinski definition) is 3. The van der Waals surface area contributed by atoms with Crippen LogP contribution in [0, 0.1) is 0 Å². The lowest BCUT2D eigenvalue weighted by Crippen LogP contribution is -2.45. The van der Waals surface area contributed by atoms with Crippen molar-refractivity contribution in [2.45, 2.75) is 44.9 Å². The van der Waals surface area contributed by atoms with E-state index in [1.165, 1.54) is 17.3 Å². The molecule has 26 heavy (non-hydrogen) atoms. The van der Waals surface area contributed by atoms with Crippen molar-refractivity contribution < 1.29 is 9.84 Å². The summed E-state index contributed by atoms with van der Waals surface area (Å²) < 4.78 is 5.53. The summed E-state index contributed by atoms with van der Waals surface area (Å²) in [5.41, 5.74) is 8.58. The molecule has 2 rings (SSSR count). The number of ether oxygens (including phenoxy) is 1. The maximum Gasteiger partial charge on any atom is 0.139 e. The van der Waals surface area contributed by atoms with Crippen molar-refractivity contribution in [2.24, 2.45) is 5.73 Å². The molecule has 0 aliphatic carbocycles. The Morgan fingerprint density at radius 1 is 1.27 bits per heavy atom. The van der Waals surface area contributed by atoms with Gasteiger partial charge < -0.3 is 20.9 Å². The van der Waals surface area contributed by atoms with Gasteiger partial charge in [-0.1, -0.05) is 56.6 Å². The minimum Gasteiger partial charge on any atom is -0.490 e. The molecule has 0 amide bonds. The van der Waals surface area contributed by atoms with Crippen LogP contribution in [0.25, 0.3) is 0 Å². The number of nitrogens with zero attached hydrogens (tertiary/aromatic N) is 1. The van der Waals surface area contributed by atoms with E-state index >= 15 is 0 Å². The Morgan fingerprint density at radius 3 is 2.73 bits per heavy atom. The van der Waals surface area contributed by atoms with Crippen molar-refractivity contribution in [3.05, 3.63) is 58.9 Å². The summed E-state index contributed by atoms with van der Waals surface area (Å²) >= 11 is 5.86. The van der Waals surface area contributed by atoms with E-state index in [9.17, 15) is 5.11 Å². The van der Waals surface area contributed by atoms with Gasteiger partial charge in [-0.3, -0.25) is 4.98 Å². The highest BCUT2D eigenvalue weighted by Gasteiger charge is 2.16. The van der Waals surface area contributed by atoms with Crippen molar-refractivity contribution in [1.29, 1.82) is 0 Å². The molecule has 0 bridgehead atoms. The number of benzene rings is 1. The Kier molecular flexibility index (Phi) is 7.41. The molecular formula is C20H28ClN3O2. The number of aliphatic hydroxyl groups is 1. The Morgan fingerprint density at radius 2 is 2.04 bits per heavy atom. The molecule has 142 valence electrons. The van der Waals surface area contributed by atoms with Gasteiger partial charge in [0.15, 0.2) is 0 Å². The average Bonchev–Trinajstić information content (AvgIpc) is 2.59. The van der Waals surface area contributed by atoms with Crippen LogP contribution in [0.3, 0.4) is 0 Å². The summed E-state index contributed by atoms with van der Waals surface area (Å²) in [4.78, 5) is 3.94. The van der Waals surface area contributed by atoms with Crippen molar-refractivity contribution in [2.75, 3.05) is 13.2 Å². The van der Waals surface area contributed by atoms with Gasteiger partial charge in [0, 0.05) is 25.4 Å². The first-order chi connectivity index (χ1) is 12.3. The minimum absolute atomic E-state index is 0.115. The molecule has 2 aromatic rings. The fraction of sp³-hybridized carbons (Fsp3) is 0.450. The molecular weight excluding hydrogens is 350 g/mol. The quantitative estimate of drug-likeness (QED) is 0.659. The number of halogens is 1. The van der Waals surface area contributed by atoms with E-state index in [2.05, 4.69) is 55.3 Å². The lowest BCUT2D eigenvalue weighted by atomic mass is 9.86. The van der Waals surface area contributed by atoms with Crippen LogP contribution in [0.2, 0.25) is 5.02 Å². The summed E-state index contributed by atoms with van der Waals surface area (Å²) in [5.74, 6) is 0.534. The second kappa shape index (κ2) is 9.33. The molecule has 6 heteroatoms. The Bertz CT molecular complexity index is 703. The van der Waals surface area contributed by atoms with Crippen LogP contribution in [0.5, 0.6) is 5.75 Å². The molecule has 0 spiro atoms. The summed E-state index contributed by atoms with van der Waals surface area (Å²) in [6.45, 7) is 7.82. The highest BCUT2D eigenvalue weighted by molar-refractivity contribution is 6.30. The third-order valence-corrected chi connectivity index (χ3v) is 4.30. The van der Waals surface area contributed by atoms with E-state index in [0.717, 1.165) is 0 Å². The van der Waals surface area contributed by atoms with E-state index in [0.29, 0.717) is 23.9 Å². The molecule has 0 aliphatic rings. The topological polar surface area (TPSA) is 80.4 Å². The van der Waals surface area contributed by atoms with Crippen LogP contribution < -0.4 is 15.8 Å². The predicted octanol–water partition coefficient (Wildman–Crippen LogP) is 2.89. The zero-order valence-corrected chi connectivity index (χ0v) is 16.3. The smallest absolute Gasteiger partial charge is 0.139 e. The minimum atomic E-state index is -0.715. The van der Waals surface area contributed by atoms with Crippen LogP contribution in [-0.2, 0) is 12.0 Å². The maximum absolute atomic E-state index is 10.2. The number of pyridine rings is 1. The van der Waals surface area contributed by atoms with Crippen molar-refractivity contribution in [1.82, 2.24) is 10.3 Å². The fourth-order valence-electron chi connectivity index (χ4n) is 2.44. The fourth-order valence-corrected chi connectivity index (χ4v) is 2.60. The van der Waals surface area contributed by atoms with Crippen LogP contribution >= 0.6 is 11.6 Å². The first kappa shape index (κ1) is 20.6. The summed E-state index contributed by atoms with van der Waals surface area (Å²) in [6.07, 6.45) is 2.38. The Labute approximate surface area is 160 Å². The van der Waals surface area contributed by atoms with Crippen LogP contribution in [0.4, 0.5) is 0 Å². The van der Waals surface area contributed by atoms with Gasteiger partial charge in [-0.2, -0.15) is 0 Å². The first-order valence-electron chi connectivity index (χ1n) is 8.73. The van der Waals surface area contributed by atoms with Crippen LogP contribution in [0.15, 0.2) is 42.7 Å². The molecule has 0 saturated heterocycles. The third kappa shape index (κ3) is 6.57. The van der Waals surface area contributed by atoms with E-state index in [1.54, 1.807) is 12.3 Å². The van der Waals surface area contributed by atoms with E-state index in [-0.39, 0.29) is 12.0 Å². The second-order valence-corrected chi connectivity index (χ2v) is 7.90. The summed E-state index contributed by atoms with van der Waals surface area (Å²) in [7, 11) is 0. The normalized spacial score (nSPS) is 14.1. The van der Waals surface area contributed by atoms with Gasteiger partial charge in [0.05, 0.1) is 23.4 Å². The van der Waals surface area contributed by atoms with Crippen LogP contribution in [0.1, 0.15) is 31.9 Å². The number of hydrogen-bond acceptors (Lipinski definition) is 5. The molecule has 1 aromatic heterocycles. The first-order valence-corrected chi connectivity index (χ1v) is 9.10. The molecule has 0 saturated carbocycles. The number of aromatic nitrogens is 1. The SMILES string of the molecule is CC(C)(C)c1cccc(CNC[C@@H](O)[C@@H](N)COc2cncc(Cl)c2)c1. The molecule has 0 radical (unpaired) electrons. The van der Waals surface area contributed by atoms with Gasteiger partial charge in [0.2, 0.25) is 0 Å². The lowest BCUT2D eigenvalue weighted by Gasteiger charge is -2.21. The van der Waals surface area contributed by atoms with Gasteiger partial charge in [-0.15, -0.1) is 0 Å². The van der Waals surface area contributed by atoms with Gasteiger partial charge in [0.25, 0.3) is 0 Å². The number of nitrogens with two attached hydrogens (primary N) is 1. The zero-order chi connectivity index (χ0) is 19.2. The Hall–Kier alpha value is -1.66. The largest absolute Gasteiger partial charge is 0.490 e. The molecule has 1 heterocycles. The van der Waals surface area contributed by atoms with Gasteiger partial charge in [-0.05, 0) is 16.5 Å². The van der Waals surface area contributed by atoms with Crippen molar-refractivity contribution >= 4 is 11.6 Å². The molecule has 0 fully saturated rings. The van der Waals surface area contributed by atoms with Gasteiger partial charge >= 0.3 is 0 Å². The van der Waals surface area contributed by atoms with Crippen molar-refractivity contribution in [3.8, 4) is 5.75 Å². The molecule has 1 aromatic carbocycles. The number of nitrogens with one attached hydrogen (secondary N) is 1. The molecule has 0 unspecified atom stereocenters. The molecule has 4 N–H and O–H groups in total. The predicted molar refractivity (Wildman–Crippen MR) is 106 cm³/mol. The Balaban J connectivity index is 1.76. The standard InChI is InChI=1S/C20H28ClN3O2/c1-20(2,3)15-6-4-5-14(7-15)9-23-12-19(25)18(22)13-26-17-8-16(21)10-24-11-17/h4-8,10-11,18-19,23,25H,9,12-13,22H2,1-3H3/t18-,19+/m0/s1. The lowest BCUT2D eigenvalue weighted by molar-refractivity contribution is 0.114. The summed E-state index contributed by atoms with van der Waals surface area (Å²) in [5, 5.41) is 13.9. The van der Waals surface area contributed by atoms with E-state index in [1.807, 2.05) is 0 Å². The molecule has 2 atom stereocenters. The third-order valence-electron chi connectivity index (χ3n) is 4.09.